The fourth-order valence-electron chi connectivity index (χ4n) is 2.08. The Labute approximate surface area is 97.8 Å². The van der Waals surface area contributed by atoms with Gasteiger partial charge in [-0.15, -0.1) is 0 Å². The lowest BCUT2D eigenvalue weighted by Gasteiger charge is -2.02. The van der Waals surface area contributed by atoms with Crippen LogP contribution in [0.2, 0.25) is 0 Å². The summed E-state index contributed by atoms with van der Waals surface area (Å²) >= 11 is 0. The van der Waals surface area contributed by atoms with Crippen LogP contribution >= 0.6 is 0 Å². The van der Waals surface area contributed by atoms with Crippen molar-refractivity contribution < 1.29 is 19.1 Å². The molecule has 0 unspecified atom stereocenters. The number of hydrogen-bond acceptors (Lipinski definition) is 4. The predicted octanol–water partition coefficient (Wildman–Crippen LogP) is 2.85. The third-order valence-corrected chi connectivity index (χ3v) is 2.71. The number of furan rings is 1. The van der Waals surface area contributed by atoms with E-state index in [4.69, 9.17) is 4.42 Å². The highest BCUT2D eigenvalue weighted by atomic mass is 16.3. The molecule has 0 aliphatic carbocycles. The van der Waals surface area contributed by atoms with E-state index in [0.29, 0.717) is 22.3 Å². The van der Waals surface area contributed by atoms with Crippen LogP contribution in [0.4, 0.5) is 0 Å². The average Bonchev–Trinajstić information content (AvgIpc) is 2.53. The van der Waals surface area contributed by atoms with Gasteiger partial charge in [0, 0.05) is 5.39 Å². The van der Waals surface area contributed by atoms with Gasteiger partial charge in [0.2, 0.25) is 0 Å². The Morgan fingerprint density at radius 2 is 1.71 bits per heavy atom. The monoisotopic (exact) mass is 232 g/mol. The summed E-state index contributed by atoms with van der Waals surface area (Å²) in [5.74, 6) is -0.153. The number of ketones is 2. The number of phenols is 1. The molecule has 1 N–H and O–H groups in total. The number of carbonyl (C=O) groups excluding carboxylic acids is 2. The lowest BCUT2D eigenvalue weighted by molar-refractivity contribution is 0.101. The van der Waals surface area contributed by atoms with E-state index < -0.39 is 0 Å². The molecular weight excluding hydrogens is 220 g/mol. The number of benzene rings is 1. The van der Waals surface area contributed by atoms with Crippen molar-refractivity contribution in [3.8, 4) is 5.75 Å². The summed E-state index contributed by atoms with van der Waals surface area (Å²) in [7, 11) is 0. The molecule has 0 fully saturated rings. The van der Waals surface area contributed by atoms with Crippen LogP contribution in [0.25, 0.3) is 11.0 Å². The number of aryl methyl sites for hydroxylation is 1. The van der Waals surface area contributed by atoms with Gasteiger partial charge in [-0.3, -0.25) is 9.59 Å². The van der Waals surface area contributed by atoms with Crippen LogP contribution < -0.4 is 0 Å². The third kappa shape index (κ3) is 1.62. The van der Waals surface area contributed by atoms with Gasteiger partial charge in [-0.2, -0.15) is 0 Å². The van der Waals surface area contributed by atoms with Crippen molar-refractivity contribution in [3.63, 3.8) is 0 Å². The highest BCUT2D eigenvalue weighted by molar-refractivity contribution is 6.16. The van der Waals surface area contributed by atoms with Gasteiger partial charge < -0.3 is 9.52 Å². The summed E-state index contributed by atoms with van der Waals surface area (Å²) in [4.78, 5) is 23.1. The molecule has 0 amide bonds. The second-order valence-corrected chi connectivity index (χ2v) is 3.98. The number of aromatic hydroxyl groups is 1. The van der Waals surface area contributed by atoms with Gasteiger partial charge in [0.25, 0.3) is 0 Å². The van der Waals surface area contributed by atoms with Crippen molar-refractivity contribution >= 4 is 22.5 Å². The third-order valence-electron chi connectivity index (χ3n) is 2.71. The number of hydrogen-bond donors (Lipinski definition) is 1. The fourth-order valence-corrected chi connectivity index (χ4v) is 2.08. The molecule has 0 spiro atoms. The molecule has 0 aliphatic rings. The number of phenolic OH excluding ortho intramolecular Hbond substituents is 1. The summed E-state index contributed by atoms with van der Waals surface area (Å²) in [5.41, 5.74) is 0.946. The van der Waals surface area contributed by atoms with Gasteiger partial charge in [0.15, 0.2) is 11.6 Å². The van der Waals surface area contributed by atoms with Gasteiger partial charge in [-0.1, -0.05) is 0 Å². The van der Waals surface area contributed by atoms with Gasteiger partial charge in [-0.05, 0) is 32.9 Å². The van der Waals surface area contributed by atoms with E-state index in [1.165, 1.54) is 19.9 Å². The van der Waals surface area contributed by atoms with Gasteiger partial charge in [-0.25, -0.2) is 0 Å². The topological polar surface area (TPSA) is 67.5 Å². The molecule has 17 heavy (non-hydrogen) atoms. The molecule has 0 saturated heterocycles. The first-order chi connectivity index (χ1) is 7.93. The maximum atomic E-state index is 11.6. The first kappa shape index (κ1) is 11.4. The van der Waals surface area contributed by atoms with Crippen LogP contribution in [-0.4, -0.2) is 16.7 Å². The quantitative estimate of drug-likeness (QED) is 0.808. The average molecular weight is 232 g/mol. The molecule has 0 saturated carbocycles. The maximum absolute atomic E-state index is 11.6. The first-order valence-corrected chi connectivity index (χ1v) is 5.20. The molecule has 0 bridgehead atoms. The summed E-state index contributed by atoms with van der Waals surface area (Å²) in [5, 5.41) is 10.1. The Balaban J connectivity index is 3.00. The first-order valence-electron chi connectivity index (χ1n) is 5.20. The van der Waals surface area contributed by atoms with E-state index in [-0.39, 0.29) is 22.9 Å². The van der Waals surface area contributed by atoms with Crippen LogP contribution in [-0.2, 0) is 0 Å². The lowest BCUT2D eigenvalue weighted by atomic mass is 9.99. The van der Waals surface area contributed by atoms with Crippen molar-refractivity contribution in [2.75, 3.05) is 0 Å². The number of rotatable bonds is 2. The Morgan fingerprint density at radius 3 is 2.24 bits per heavy atom. The van der Waals surface area contributed by atoms with Gasteiger partial charge in [0.05, 0.1) is 11.1 Å². The number of fused-ring (bicyclic) bond motifs is 1. The molecule has 1 aromatic heterocycles. The van der Waals surface area contributed by atoms with E-state index in [0.717, 1.165) is 0 Å². The van der Waals surface area contributed by atoms with Crippen molar-refractivity contribution in [1.29, 1.82) is 0 Å². The summed E-state index contributed by atoms with van der Waals surface area (Å²) in [6, 6.07) is 2.95. The Kier molecular flexibility index (Phi) is 2.50. The van der Waals surface area contributed by atoms with Crippen LogP contribution in [0, 0.1) is 6.92 Å². The van der Waals surface area contributed by atoms with Crippen LogP contribution in [0.15, 0.2) is 16.5 Å². The van der Waals surface area contributed by atoms with Crippen molar-refractivity contribution in [1.82, 2.24) is 0 Å². The minimum Gasteiger partial charge on any atom is -0.507 e. The molecule has 0 atom stereocenters. The molecule has 1 heterocycles. The minimum absolute atomic E-state index is 0.131. The molecular formula is C13H12O4. The van der Waals surface area contributed by atoms with Gasteiger partial charge in [0.1, 0.15) is 17.1 Å². The molecule has 0 radical (unpaired) electrons. The smallest absolute Gasteiger partial charge is 0.164 e. The zero-order chi connectivity index (χ0) is 12.7. The van der Waals surface area contributed by atoms with E-state index >= 15 is 0 Å². The molecule has 0 aliphatic heterocycles. The SMILES string of the molecule is CC(=O)c1c(O)ccc2oc(C)c(C(C)=O)c12. The van der Waals surface area contributed by atoms with E-state index in [2.05, 4.69) is 0 Å². The fraction of sp³-hybridized carbons (Fsp3) is 0.231. The zero-order valence-electron chi connectivity index (χ0n) is 9.83. The Bertz CT molecular complexity index is 634. The van der Waals surface area contributed by atoms with E-state index in [1.807, 2.05) is 0 Å². The van der Waals surface area contributed by atoms with Crippen molar-refractivity contribution in [2.24, 2.45) is 0 Å². The highest BCUT2D eigenvalue weighted by Crippen LogP contribution is 2.34. The van der Waals surface area contributed by atoms with E-state index in [9.17, 15) is 14.7 Å². The summed E-state index contributed by atoms with van der Waals surface area (Å²) in [6.07, 6.45) is 0. The van der Waals surface area contributed by atoms with Gasteiger partial charge >= 0.3 is 0 Å². The van der Waals surface area contributed by atoms with Crippen LogP contribution in [0.3, 0.4) is 0 Å². The summed E-state index contributed by atoms with van der Waals surface area (Å²) < 4.78 is 5.42. The minimum atomic E-state index is -0.295. The Hall–Kier alpha value is -2.10. The normalized spacial score (nSPS) is 10.8. The predicted molar refractivity (Wildman–Crippen MR) is 62.6 cm³/mol. The summed E-state index contributed by atoms with van der Waals surface area (Å²) in [6.45, 7) is 4.42. The van der Waals surface area contributed by atoms with Crippen LogP contribution in [0.5, 0.6) is 5.75 Å². The van der Waals surface area contributed by atoms with Crippen LogP contribution in [0.1, 0.15) is 40.3 Å². The number of carbonyl (C=O) groups is 2. The molecule has 1 aromatic carbocycles. The molecule has 2 aromatic rings. The highest BCUT2D eigenvalue weighted by Gasteiger charge is 2.22. The Morgan fingerprint density at radius 1 is 1.12 bits per heavy atom. The molecule has 4 nitrogen and oxygen atoms in total. The standard InChI is InChI=1S/C13H12O4/c1-6(14)11-8(3)17-10-5-4-9(16)12(7(2)15)13(10)11/h4-5,16H,1-3H3. The lowest BCUT2D eigenvalue weighted by Crippen LogP contribution is -1.99. The second kappa shape index (κ2) is 3.73. The number of Topliss-reactive ketones (excluding diaryl/α,β-unsaturated/α-hetero) is 2. The zero-order valence-corrected chi connectivity index (χ0v) is 9.83. The van der Waals surface area contributed by atoms with E-state index in [1.54, 1.807) is 13.0 Å². The largest absolute Gasteiger partial charge is 0.507 e. The molecule has 88 valence electrons. The maximum Gasteiger partial charge on any atom is 0.164 e. The second-order valence-electron chi connectivity index (χ2n) is 3.98. The van der Waals surface area contributed by atoms with Crippen molar-refractivity contribution in [2.45, 2.75) is 20.8 Å². The van der Waals surface area contributed by atoms with Crippen molar-refractivity contribution in [3.05, 3.63) is 29.0 Å². The molecule has 2 rings (SSSR count). The molecule has 4 heteroatoms.